The van der Waals surface area contributed by atoms with E-state index in [-0.39, 0.29) is 22.9 Å². The molecule has 0 N–H and O–H groups in total. The molecule has 0 bridgehead atoms. The molecule has 0 aliphatic heterocycles. The highest BCUT2D eigenvalue weighted by Crippen LogP contribution is 2.37. The van der Waals surface area contributed by atoms with Crippen LogP contribution in [-0.2, 0) is 19.3 Å². The van der Waals surface area contributed by atoms with Crippen LogP contribution in [0.4, 0.5) is 22.0 Å². The molecule has 31 heavy (non-hydrogen) atoms. The summed E-state index contributed by atoms with van der Waals surface area (Å²) in [6.07, 6.45) is 4.68. The number of unbranched alkanes of at least 4 members (excludes halogenated alkanes) is 1. The second-order valence-electron chi connectivity index (χ2n) is 8.25. The predicted octanol–water partition coefficient (Wildman–Crippen LogP) is 7.66. The fourth-order valence-corrected chi connectivity index (χ4v) is 4.42. The van der Waals surface area contributed by atoms with Crippen LogP contribution in [0.25, 0.3) is 11.1 Å². The van der Waals surface area contributed by atoms with E-state index in [9.17, 15) is 22.0 Å². The van der Waals surface area contributed by atoms with Gasteiger partial charge < -0.3 is 0 Å². The summed E-state index contributed by atoms with van der Waals surface area (Å²) in [5.74, 6) is -5.21. The summed E-state index contributed by atoms with van der Waals surface area (Å²) in [6.45, 7) is 2.10. The second-order valence-corrected chi connectivity index (χ2v) is 8.25. The lowest BCUT2D eigenvalue weighted by Crippen LogP contribution is -2.15. The van der Waals surface area contributed by atoms with Crippen molar-refractivity contribution in [3.63, 3.8) is 0 Å². The van der Waals surface area contributed by atoms with Crippen LogP contribution in [0.5, 0.6) is 0 Å². The Morgan fingerprint density at radius 1 is 0.806 bits per heavy atom. The lowest BCUT2D eigenvalue weighted by Gasteiger charge is -2.26. The zero-order chi connectivity index (χ0) is 22.1. The molecule has 0 fully saturated rings. The predicted molar refractivity (Wildman–Crippen MR) is 111 cm³/mol. The van der Waals surface area contributed by atoms with E-state index < -0.39 is 23.3 Å². The summed E-state index contributed by atoms with van der Waals surface area (Å²) >= 11 is 0. The van der Waals surface area contributed by atoms with E-state index in [2.05, 4.69) is 6.92 Å². The standard InChI is InChI=1S/C26H23F5/c1-2-3-4-15-5-8-20(22(27)9-15)17-7-6-16-11-21(23(28)12-18(16)10-17)19-13-24(29)26(31)25(30)14-19/h5,8-9,11-14,17H,2-4,6-7,10H2,1H3. The quantitative estimate of drug-likeness (QED) is 0.288. The maximum absolute atomic E-state index is 14.8. The molecule has 4 rings (SSSR count). The maximum Gasteiger partial charge on any atom is 0.194 e. The van der Waals surface area contributed by atoms with Gasteiger partial charge >= 0.3 is 0 Å². The summed E-state index contributed by atoms with van der Waals surface area (Å²) in [7, 11) is 0. The number of hydrogen-bond donors (Lipinski definition) is 0. The largest absolute Gasteiger partial charge is 0.207 e. The molecule has 0 radical (unpaired) electrons. The minimum atomic E-state index is -1.58. The van der Waals surface area contributed by atoms with Gasteiger partial charge in [-0.25, -0.2) is 22.0 Å². The summed E-state index contributed by atoms with van der Waals surface area (Å²) in [6, 6.07) is 9.91. The van der Waals surface area contributed by atoms with Crippen LogP contribution >= 0.6 is 0 Å². The molecule has 1 aliphatic rings. The van der Waals surface area contributed by atoms with Crippen molar-refractivity contribution >= 4 is 0 Å². The zero-order valence-corrected chi connectivity index (χ0v) is 17.3. The highest BCUT2D eigenvalue weighted by molar-refractivity contribution is 5.66. The van der Waals surface area contributed by atoms with Gasteiger partial charge in [-0.2, -0.15) is 0 Å². The Balaban J connectivity index is 1.61. The maximum atomic E-state index is 14.8. The number of hydrogen-bond acceptors (Lipinski definition) is 0. The molecule has 1 aliphatic carbocycles. The molecule has 0 amide bonds. The molecule has 0 saturated heterocycles. The van der Waals surface area contributed by atoms with Crippen LogP contribution in [0.3, 0.4) is 0 Å². The van der Waals surface area contributed by atoms with Crippen molar-refractivity contribution in [1.29, 1.82) is 0 Å². The first-order valence-electron chi connectivity index (χ1n) is 10.6. The number of fused-ring (bicyclic) bond motifs is 1. The molecule has 1 atom stereocenters. The van der Waals surface area contributed by atoms with Crippen LogP contribution < -0.4 is 0 Å². The van der Waals surface area contributed by atoms with Gasteiger partial charge in [0.15, 0.2) is 17.5 Å². The van der Waals surface area contributed by atoms with Crippen molar-refractivity contribution in [3.8, 4) is 11.1 Å². The van der Waals surface area contributed by atoms with Gasteiger partial charge in [-0.1, -0.05) is 25.5 Å². The van der Waals surface area contributed by atoms with Gasteiger partial charge in [-0.3, -0.25) is 0 Å². The molecule has 0 aromatic heterocycles. The van der Waals surface area contributed by atoms with Gasteiger partial charge in [-0.15, -0.1) is 0 Å². The Morgan fingerprint density at radius 3 is 2.23 bits per heavy atom. The first-order valence-corrected chi connectivity index (χ1v) is 10.6. The van der Waals surface area contributed by atoms with E-state index in [1.54, 1.807) is 12.1 Å². The molecule has 0 heterocycles. The third-order valence-electron chi connectivity index (χ3n) is 6.14. The average molecular weight is 430 g/mol. The third kappa shape index (κ3) is 4.36. The van der Waals surface area contributed by atoms with Gasteiger partial charge in [0.1, 0.15) is 11.6 Å². The normalized spacial score (nSPS) is 15.7. The summed E-state index contributed by atoms with van der Waals surface area (Å²) in [4.78, 5) is 0. The van der Waals surface area contributed by atoms with E-state index in [0.717, 1.165) is 48.1 Å². The minimum absolute atomic E-state index is 0.0291. The van der Waals surface area contributed by atoms with Crippen molar-refractivity contribution in [3.05, 3.63) is 93.8 Å². The summed E-state index contributed by atoms with van der Waals surface area (Å²) in [5, 5.41) is 0. The Bertz CT molecular complexity index is 1100. The molecule has 3 aromatic carbocycles. The molecule has 5 heteroatoms. The highest BCUT2D eigenvalue weighted by Gasteiger charge is 2.25. The fourth-order valence-electron chi connectivity index (χ4n) is 4.42. The number of halogens is 5. The topological polar surface area (TPSA) is 0 Å². The van der Waals surface area contributed by atoms with Gasteiger partial charge in [-0.05, 0) is 96.2 Å². The van der Waals surface area contributed by atoms with Gasteiger partial charge in [0.2, 0.25) is 0 Å². The summed E-state index contributed by atoms with van der Waals surface area (Å²) in [5.41, 5.74) is 3.22. The van der Waals surface area contributed by atoms with E-state index in [4.69, 9.17) is 0 Å². The van der Waals surface area contributed by atoms with E-state index >= 15 is 0 Å². The molecule has 0 nitrogen and oxygen atoms in total. The fraction of sp³-hybridized carbons (Fsp3) is 0.308. The second kappa shape index (κ2) is 8.81. The van der Waals surface area contributed by atoms with Gasteiger partial charge in [0, 0.05) is 5.56 Å². The Hall–Kier alpha value is -2.69. The molecule has 0 spiro atoms. The van der Waals surface area contributed by atoms with E-state index in [0.29, 0.717) is 24.8 Å². The monoisotopic (exact) mass is 430 g/mol. The SMILES string of the molecule is CCCCc1ccc(C2CCc3cc(-c4cc(F)c(F)c(F)c4)c(F)cc3C2)c(F)c1. The molecule has 162 valence electrons. The summed E-state index contributed by atoms with van der Waals surface area (Å²) < 4.78 is 70.0. The lowest BCUT2D eigenvalue weighted by atomic mass is 9.79. The Labute approximate surface area is 178 Å². The molecular formula is C26H23F5. The van der Waals surface area contributed by atoms with Crippen LogP contribution in [0.2, 0.25) is 0 Å². The van der Waals surface area contributed by atoms with Crippen LogP contribution in [0.15, 0.2) is 42.5 Å². The van der Waals surface area contributed by atoms with Crippen molar-refractivity contribution in [2.75, 3.05) is 0 Å². The smallest absolute Gasteiger partial charge is 0.194 e. The third-order valence-corrected chi connectivity index (χ3v) is 6.14. The zero-order valence-electron chi connectivity index (χ0n) is 17.3. The number of rotatable bonds is 5. The molecule has 1 unspecified atom stereocenters. The van der Waals surface area contributed by atoms with Crippen molar-refractivity contribution in [1.82, 2.24) is 0 Å². The van der Waals surface area contributed by atoms with E-state index in [1.807, 2.05) is 12.1 Å². The van der Waals surface area contributed by atoms with Gasteiger partial charge in [0.05, 0.1) is 0 Å². The molecular weight excluding hydrogens is 407 g/mol. The highest BCUT2D eigenvalue weighted by atomic mass is 19.2. The van der Waals surface area contributed by atoms with Crippen molar-refractivity contribution < 1.29 is 22.0 Å². The lowest BCUT2D eigenvalue weighted by molar-refractivity contribution is 0.447. The Kier molecular flexibility index (Phi) is 6.12. The van der Waals surface area contributed by atoms with Crippen molar-refractivity contribution in [2.45, 2.75) is 51.4 Å². The van der Waals surface area contributed by atoms with Crippen LogP contribution in [0.1, 0.15) is 54.4 Å². The van der Waals surface area contributed by atoms with Crippen LogP contribution in [-0.4, -0.2) is 0 Å². The van der Waals surface area contributed by atoms with Gasteiger partial charge in [0.25, 0.3) is 0 Å². The van der Waals surface area contributed by atoms with Crippen molar-refractivity contribution in [2.24, 2.45) is 0 Å². The first kappa shape index (κ1) is 21.5. The Morgan fingerprint density at radius 2 is 1.55 bits per heavy atom. The average Bonchev–Trinajstić information content (AvgIpc) is 2.75. The van der Waals surface area contributed by atoms with Crippen LogP contribution in [0, 0.1) is 29.1 Å². The minimum Gasteiger partial charge on any atom is -0.207 e. The molecule has 3 aromatic rings. The first-order chi connectivity index (χ1) is 14.9. The van der Waals surface area contributed by atoms with E-state index in [1.165, 1.54) is 6.07 Å². The number of benzene rings is 3. The molecule has 0 saturated carbocycles. The number of aryl methyl sites for hydroxylation is 2.